The van der Waals surface area contributed by atoms with Crippen LogP contribution in [-0.2, 0) is 13.5 Å². The van der Waals surface area contributed by atoms with E-state index in [1.165, 1.54) is 0 Å². The molecule has 0 spiro atoms. The Hall–Kier alpha value is -2.69. The van der Waals surface area contributed by atoms with Gasteiger partial charge in [-0.1, -0.05) is 31.2 Å². The first kappa shape index (κ1) is 14.3. The van der Waals surface area contributed by atoms with E-state index in [1.54, 1.807) is 16.9 Å². The van der Waals surface area contributed by atoms with E-state index < -0.39 is 0 Å². The van der Waals surface area contributed by atoms with Gasteiger partial charge >= 0.3 is 0 Å². The lowest BCUT2D eigenvalue weighted by atomic mass is 10.1. The Balaban J connectivity index is 1.93. The molecule has 0 aliphatic heterocycles. The van der Waals surface area contributed by atoms with Crippen LogP contribution in [0.4, 0.5) is 5.82 Å². The van der Waals surface area contributed by atoms with Crippen molar-refractivity contribution in [2.75, 3.05) is 5.32 Å². The first-order valence-corrected chi connectivity index (χ1v) is 7.28. The minimum atomic E-state index is -0.219. The van der Waals surface area contributed by atoms with E-state index in [-0.39, 0.29) is 5.91 Å². The predicted molar refractivity (Wildman–Crippen MR) is 87.0 cm³/mol. The van der Waals surface area contributed by atoms with E-state index in [4.69, 9.17) is 0 Å². The maximum absolute atomic E-state index is 12.5. The number of fused-ring (bicyclic) bond motifs is 1. The molecule has 0 atom stereocenters. The van der Waals surface area contributed by atoms with Crippen molar-refractivity contribution < 1.29 is 4.79 Å². The van der Waals surface area contributed by atoms with Crippen molar-refractivity contribution in [3.8, 4) is 0 Å². The van der Waals surface area contributed by atoms with Crippen molar-refractivity contribution in [3.63, 3.8) is 0 Å². The van der Waals surface area contributed by atoms with Crippen molar-refractivity contribution in [2.45, 2.75) is 20.3 Å². The second-order valence-electron chi connectivity index (χ2n) is 5.26. The summed E-state index contributed by atoms with van der Waals surface area (Å²) in [5, 5.41) is 9.31. The summed E-state index contributed by atoms with van der Waals surface area (Å²) in [6.45, 7) is 4.00. The molecule has 0 aliphatic carbocycles. The van der Waals surface area contributed by atoms with E-state index in [1.807, 2.05) is 45.2 Å². The van der Waals surface area contributed by atoms with Gasteiger partial charge in [0.25, 0.3) is 5.91 Å². The Morgan fingerprint density at radius 1 is 1.27 bits per heavy atom. The van der Waals surface area contributed by atoms with Crippen LogP contribution in [0.15, 0.2) is 36.5 Å². The number of hydrogen-bond acceptors (Lipinski definition) is 3. The lowest BCUT2D eigenvalue weighted by Gasteiger charge is -2.08. The highest BCUT2D eigenvalue weighted by Gasteiger charge is 2.16. The molecule has 0 fully saturated rings. The number of carbonyl (C=O) groups is 1. The summed E-state index contributed by atoms with van der Waals surface area (Å²) in [4.78, 5) is 16.7. The molecular weight excluding hydrogens is 276 g/mol. The first-order chi connectivity index (χ1) is 10.6. The Morgan fingerprint density at radius 2 is 2.00 bits per heavy atom. The molecule has 112 valence electrons. The number of nitrogens with zero attached hydrogens (tertiary/aromatic N) is 3. The molecule has 0 aliphatic rings. The first-order valence-electron chi connectivity index (χ1n) is 7.28. The monoisotopic (exact) mass is 294 g/mol. The number of benzene rings is 1. The highest BCUT2D eigenvalue weighted by atomic mass is 16.2. The van der Waals surface area contributed by atoms with Crippen molar-refractivity contribution in [3.05, 3.63) is 53.5 Å². The van der Waals surface area contributed by atoms with Crippen molar-refractivity contribution in [2.24, 2.45) is 7.05 Å². The second-order valence-corrected chi connectivity index (χ2v) is 5.26. The number of amides is 1. The molecule has 0 unspecified atom stereocenters. The van der Waals surface area contributed by atoms with Gasteiger partial charge in [-0.15, -0.1) is 0 Å². The molecule has 3 rings (SSSR count). The summed E-state index contributed by atoms with van der Waals surface area (Å²) in [5.74, 6) is 0.517. The second kappa shape index (κ2) is 5.60. The number of pyridine rings is 1. The molecule has 1 aromatic carbocycles. The highest BCUT2D eigenvalue weighted by Crippen LogP contribution is 2.20. The summed E-state index contributed by atoms with van der Waals surface area (Å²) in [7, 11) is 1.83. The third-order valence-electron chi connectivity index (χ3n) is 3.80. The zero-order valence-electron chi connectivity index (χ0n) is 12.9. The van der Waals surface area contributed by atoms with Gasteiger partial charge in [0.1, 0.15) is 11.5 Å². The van der Waals surface area contributed by atoms with Gasteiger partial charge in [-0.3, -0.25) is 14.5 Å². The topological polar surface area (TPSA) is 59.8 Å². The zero-order valence-corrected chi connectivity index (χ0v) is 12.9. The minimum absolute atomic E-state index is 0.219. The Labute approximate surface area is 129 Å². The number of hydrogen-bond donors (Lipinski definition) is 1. The largest absolute Gasteiger partial charge is 0.305 e. The summed E-state index contributed by atoms with van der Waals surface area (Å²) in [6, 6.07) is 9.65. The lowest BCUT2D eigenvalue weighted by Crippen LogP contribution is -2.17. The van der Waals surface area contributed by atoms with Crippen LogP contribution in [0.1, 0.15) is 28.7 Å². The smallest absolute Gasteiger partial charge is 0.275 e. The molecule has 0 saturated heterocycles. The highest BCUT2D eigenvalue weighted by molar-refractivity contribution is 6.04. The molecule has 5 heteroatoms. The fourth-order valence-electron chi connectivity index (χ4n) is 2.66. The third kappa shape index (κ3) is 2.45. The van der Waals surface area contributed by atoms with E-state index in [0.29, 0.717) is 5.69 Å². The number of aryl methyl sites for hydroxylation is 2. The third-order valence-corrected chi connectivity index (χ3v) is 3.80. The van der Waals surface area contributed by atoms with Gasteiger partial charge in [0.2, 0.25) is 0 Å². The molecule has 1 N–H and O–H groups in total. The number of anilines is 1. The summed E-state index contributed by atoms with van der Waals surface area (Å²) >= 11 is 0. The van der Waals surface area contributed by atoms with Gasteiger partial charge in [0, 0.05) is 24.2 Å². The molecule has 2 aromatic heterocycles. The van der Waals surface area contributed by atoms with Crippen LogP contribution < -0.4 is 5.32 Å². The lowest BCUT2D eigenvalue weighted by molar-refractivity contribution is 0.102. The number of aromatic nitrogens is 3. The predicted octanol–water partition coefficient (Wildman–Crippen LogP) is 3.09. The van der Waals surface area contributed by atoms with Gasteiger partial charge in [-0.25, -0.2) is 0 Å². The standard InChI is InChI=1S/C17H18N4O/c1-4-14-11(2)20-21(3)16(14)19-17(22)15-9-12-7-5-6-8-13(12)10-18-15/h5-10H,4H2,1-3H3,(H,19,22). The van der Waals surface area contributed by atoms with E-state index in [2.05, 4.69) is 15.4 Å². The fraction of sp³-hybridized carbons (Fsp3) is 0.235. The molecule has 3 aromatic rings. The average molecular weight is 294 g/mol. The van der Waals surface area contributed by atoms with Gasteiger partial charge in [0.05, 0.1) is 5.69 Å². The van der Waals surface area contributed by atoms with Gasteiger partial charge in [-0.05, 0) is 24.8 Å². The molecule has 5 nitrogen and oxygen atoms in total. The van der Waals surface area contributed by atoms with E-state index in [9.17, 15) is 4.79 Å². The maximum Gasteiger partial charge on any atom is 0.275 e. The minimum Gasteiger partial charge on any atom is -0.305 e. The fourth-order valence-corrected chi connectivity index (χ4v) is 2.66. The molecule has 1 amide bonds. The molecule has 0 bridgehead atoms. The molecule has 0 saturated carbocycles. The van der Waals surface area contributed by atoms with Crippen molar-refractivity contribution >= 4 is 22.5 Å². The molecular formula is C17H18N4O. The number of nitrogens with one attached hydrogen (secondary N) is 1. The van der Waals surface area contributed by atoms with Gasteiger partial charge < -0.3 is 5.32 Å². The number of rotatable bonds is 3. The quantitative estimate of drug-likeness (QED) is 0.807. The van der Waals surface area contributed by atoms with Crippen LogP contribution in [-0.4, -0.2) is 20.7 Å². The van der Waals surface area contributed by atoms with E-state index >= 15 is 0 Å². The van der Waals surface area contributed by atoms with Crippen LogP contribution in [0.25, 0.3) is 10.8 Å². The SMILES string of the molecule is CCc1c(C)nn(C)c1NC(=O)c1cc2ccccc2cn1. The van der Waals surface area contributed by atoms with E-state index in [0.717, 1.165) is 34.3 Å². The summed E-state index contributed by atoms with van der Waals surface area (Å²) < 4.78 is 1.70. The molecule has 0 radical (unpaired) electrons. The summed E-state index contributed by atoms with van der Waals surface area (Å²) in [6.07, 6.45) is 2.54. The van der Waals surface area contributed by atoms with Crippen molar-refractivity contribution in [1.82, 2.24) is 14.8 Å². The maximum atomic E-state index is 12.5. The van der Waals surface area contributed by atoms with Gasteiger partial charge in [-0.2, -0.15) is 5.10 Å². The summed E-state index contributed by atoms with van der Waals surface area (Å²) in [5.41, 5.74) is 2.39. The van der Waals surface area contributed by atoms with Crippen LogP contribution in [0, 0.1) is 6.92 Å². The van der Waals surface area contributed by atoms with Crippen LogP contribution >= 0.6 is 0 Å². The average Bonchev–Trinajstić information content (AvgIpc) is 2.80. The van der Waals surface area contributed by atoms with Crippen molar-refractivity contribution in [1.29, 1.82) is 0 Å². The Bertz CT molecular complexity index is 851. The van der Waals surface area contributed by atoms with Crippen LogP contribution in [0.5, 0.6) is 0 Å². The Kier molecular flexibility index (Phi) is 3.63. The zero-order chi connectivity index (χ0) is 15.7. The Morgan fingerprint density at radius 3 is 2.73 bits per heavy atom. The molecule has 22 heavy (non-hydrogen) atoms. The molecule has 2 heterocycles. The van der Waals surface area contributed by atoms with Gasteiger partial charge in [0.15, 0.2) is 0 Å². The number of carbonyl (C=O) groups excluding carboxylic acids is 1. The normalized spacial score (nSPS) is 10.9. The van der Waals surface area contributed by atoms with Crippen LogP contribution in [0.2, 0.25) is 0 Å². The van der Waals surface area contributed by atoms with Crippen LogP contribution in [0.3, 0.4) is 0 Å².